The molecule has 1 nitrogen and oxygen atoms in total. The molecule has 0 N–H and O–H groups in total. The Balaban J connectivity index is 2.77. The third-order valence-electron chi connectivity index (χ3n) is 1.66. The first-order valence-corrected chi connectivity index (χ1v) is 4.77. The highest BCUT2D eigenvalue weighted by atomic mass is 32.1. The summed E-state index contributed by atoms with van der Waals surface area (Å²) in [6.07, 6.45) is 6.01. The first-order valence-electron chi connectivity index (χ1n) is 4.13. The van der Waals surface area contributed by atoms with Gasteiger partial charge in [0.2, 0.25) is 0 Å². The van der Waals surface area contributed by atoms with E-state index in [0.717, 1.165) is 23.4 Å². The van der Waals surface area contributed by atoms with Gasteiger partial charge >= 0.3 is 0 Å². The Hall–Kier alpha value is -0.830. The van der Waals surface area contributed by atoms with Crippen LogP contribution in [0.1, 0.15) is 17.7 Å². The van der Waals surface area contributed by atoms with Crippen LogP contribution in [0.25, 0.3) is 6.08 Å². The average Bonchev–Trinajstić information content (AvgIpc) is 2.09. The number of aryl methyl sites for hydroxylation is 1. The smallest absolute Gasteiger partial charge is 0.141 e. The van der Waals surface area contributed by atoms with E-state index >= 15 is 0 Å². The Bertz CT molecular complexity index is 310. The van der Waals surface area contributed by atoms with Crippen molar-refractivity contribution >= 4 is 18.7 Å². The monoisotopic (exact) mass is 197 g/mol. The van der Waals surface area contributed by atoms with Crippen LogP contribution < -0.4 is 0 Å². The lowest BCUT2D eigenvalue weighted by Crippen LogP contribution is -1.88. The molecule has 1 heterocycles. The van der Waals surface area contributed by atoms with E-state index in [0.29, 0.717) is 0 Å². The molecule has 70 valence electrons. The van der Waals surface area contributed by atoms with Crippen LogP contribution in [0.2, 0.25) is 0 Å². The summed E-state index contributed by atoms with van der Waals surface area (Å²) in [7, 11) is 0. The van der Waals surface area contributed by atoms with Crippen LogP contribution in [0.4, 0.5) is 4.39 Å². The molecular weight excluding hydrogens is 185 g/mol. The Morgan fingerprint density at radius 3 is 3.00 bits per heavy atom. The Kier molecular flexibility index (Phi) is 3.96. The SMILES string of the molecule is Cc1cc(F)cnc1C=CCCS. The highest BCUT2D eigenvalue weighted by Gasteiger charge is 1.96. The molecule has 1 aromatic rings. The van der Waals surface area contributed by atoms with Gasteiger partial charge in [-0.05, 0) is 36.8 Å². The molecule has 13 heavy (non-hydrogen) atoms. The van der Waals surface area contributed by atoms with E-state index in [-0.39, 0.29) is 5.82 Å². The van der Waals surface area contributed by atoms with E-state index in [4.69, 9.17) is 0 Å². The van der Waals surface area contributed by atoms with E-state index in [9.17, 15) is 4.39 Å². The number of rotatable bonds is 3. The Morgan fingerprint density at radius 1 is 1.62 bits per heavy atom. The van der Waals surface area contributed by atoms with Gasteiger partial charge in [0.05, 0.1) is 11.9 Å². The molecule has 0 amide bonds. The first kappa shape index (κ1) is 10.3. The number of nitrogens with zero attached hydrogens (tertiary/aromatic N) is 1. The van der Waals surface area contributed by atoms with Crippen molar-refractivity contribution in [3.05, 3.63) is 35.4 Å². The van der Waals surface area contributed by atoms with E-state index in [1.54, 1.807) is 0 Å². The Labute approximate surface area is 83.1 Å². The first-order chi connectivity index (χ1) is 6.24. The minimum atomic E-state index is -0.288. The topological polar surface area (TPSA) is 12.9 Å². The van der Waals surface area contributed by atoms with E-state index in [1.807, 2.05) is 19.1 Å². The number of halogens is 1. The summed E-state index contributed by atoms with van der Waals surface area (Å²) >= 11 is 4.08. The molecule has 0 unspecified atom stereocenters. The van der Waals surface area contributed by atoms with Gasteiger partial charge in [-0.2, -0.15) is 12.6 Å². The zero-order valence-electron chi connectivity index (χ0n) is 7.50. The predicted molar refractivity (Wildman–Crippen MR) is 56.4 cm³/mol. The van der Waals surface area contributed by atoms with Gasteiger partial charge < -0.3 is 0 Å². The molecule has 0 radical (unpaired) electrons. The van der Waals surface area contributed by atoms with Crippen LogP contribution in [-0.4, -0.2) is 10.7 Å². The van der Waals surface area contributed by atoms with Crippen molar-refractivity contribution in [1.29, 1.82) is 0 Å². The minimum Gasteiger partial charge on any atom is -0.254 e. The largest absolute Gasteiger partial charge is 0.254 e. The number of pyridine rings is 1. The van der Waals surface area contributed by atoms with Crippen molar-refractivity contribution in [3.63, 3.8) is 0 Å². The van der Waals surface area contributed by atoms with Gasteiger partial charge in [-0.15, -0.1) is 0 Å². The van der Waals surface area contributed by atoms with Gasteiger partial charge in [0.15, 0.2) is 0 Å². The van der Waals surface area contributed by atoms with Crippen LogP contribution in [0.3, 0.4) is 0 Å². The second-order valence-corrected chi connectivity index (χ2v) is 3.22. The third-order valence-corrected chi connectivity index (χ3v) is 1.92. The molecule has 0 bridgehead atoms. The summed E-state index contributed by atoms with van der Waals surface area (Å²) < 4.78 is 12.6. The summed E-state index contributed by atoms with van der Waals surface area (Å²) in [6.45, 7) is 1.84. The van der Waals surface area contributed by atoms with E-state index < -0.39 is 0 Å². The highest BCUT2D eigenvalue weighted by Crippen LogP contribution is 2.08. The molecule has 0 aliphatic rings. The normalized spacial score (nSPS) is 11.0. The van der Waals surface area contributed by atoms with Gasteiger partial charge in [-0.3, -0.25) is 4.98 Å². The quantitative estimate of drug-likeness (QED) is 0.735. The molecule has 0 aromatic carbocycles. The molecule has 0 aliphatic heterocycles. The molecule has 0 atom stereocenters. The molecule has 1 rings (SSSR count). The lowest BCUT2D eigenvalue weighted by molar-refractivity contribution is 0.619. The maximum Gasteiger partial charge on any atom is 0.141 e. The maximum absolute atomic E-state index is 12.6. The average molecular weight is 197 g/mol. The van der Waals surface area contributed by atoms with Crippen molar-refractivity contribution < 1.29 is 4.39 Å². The number of thiol groups is 1. The summed E-state index contributed by atoms with van der Waals surface area (Å²) in [5, 5.41) is 0. The van der Waals surface area contributed by atoms with Crippen molar-refractivity contribution in [1.82, 2.24) is 4.98 Å². The number of hydrogen-bond donors (Lipinski definition) is 1. The zero-order valence-corrected chi connectivity index (χ0v) is 8.39. The van der Waals surface area contributed by atoms with E-state index in [1.165, 1.54) is 12.3 Å². The van der Waals surface area contributed by atoms with Gasteiger partial charge in [0.1, 0.15) is 5.82 Å². The zero-order chi connectivity index (χ0) is 9.68. The molecule has 0 saturated carbocycles. The molecule has 0 fully saturated rings. The van der Waals surface area contributed by atoms with Crippen LogP contribution in [-0.2, 0) is 0 Å². The molecule has 0 spiro atoms. The van der Waals surface area contributed by atoms with Crippen LogP contribution in [0.5, 0.6) is 0 Å². The van der Waals surface area contributed by atoms with Crippen molar-refractivity contribution in [2.45, 2.75) is 13.3 Å². The summed E-state index contributed by atoms with van der Waals surface area (Å²) in [5.74, 6) is 0.528. The van der Waals surface area contributed by atoms with E-state index in [2.05, 4.69) is 17.6 Å². The summed E-state index contributed by atoms with van der Waals surface area (Å²) in [4.78, 5) is 3.96. The fourth-order valence-corrected chi connectivity index (χ4v) is 1.14. The van der Waals surface area contributed by atoms with Crippen molar-refractivity contribution in [3.8, 4) is 0 Å². The summed E-state index contributed by atoms with van der Waals surface area (Å²) in [5.41, 5.74) is 1.68. The molecular formula is C10H12FNS. The second-order valence-electron chi connectivity index (χ2n) is 2.77. The lowest BCUT2D eigenvalue weighted by Gasteiger charge is -1.98. The van der Waals surface area contributed by atoms with Crippen molar-refractivity contribution in [2.75, 3.05) is 5.75 Å². The van der Waals surface area contributed by atoms with Gasteiger partial charge in [0.25, 0.3) is 0 Å². The molecule has 3 heteroatoms. The number of allylic oxidation sites excluding steroid dienone is 1. The van der Waals surface area contributed by atoms with Crippen LogP contribution in [0.15, 0.2) is 18.3 Å². The van der Waals surface area contributed by atoms with Gasteiger partial charge in [-0.25, -0.2) is 4.39 Å². The number of hydrogen-bond acceptors (Lipinski definition) is 2. The van der Waals surface area contributed by atoms with Crippen LogP contribution in [0, 0.1) is 12.7 Å². The Morgan fingerprint density at radius 2 is 2.38 bits per heavy atom. The molecule has 0 saturated heterocycles. The minimum absolute atomic E-state index is 0.288. The van der Waals surface area contributed by atoms with Gasteiger partial charge in [-0.1, -0.05) is 6.08 Å². The third kappa shape index (κ3) is 3.19. The highest BCUT2D eigenvalue weighted by molar-refractivity contribution is 7.80. The van der Waals surface area contributed by atoms with Crippen LogP contribution >= 0.6 is 12.6 Å². The summed E-state index contributed by atoms with van der Waals surface area (Å²) in [6, 6.07) is 1.48. The maximum atomic E-state index is 12.6. The predicted octanol–water partition coefficient (Wildman–Crippen LogP) is 2.86. The standard InChI is InChI=1S/C10H12FNS/c1-8-6-9(11)7-12-10(8)4-2-3-5-13/h2,4,6-7,13H,3,5H2,1H3. The lowest BCUT2D eigenvalue weighted by atomic mass is 10.2. The van der Waals surface area contributed by atoms with Gasteiger partial charge in [0, 0.05) is 0 Å². The number of aromatic nitrogens is 1. The second kappa shape index (κ2) is 5.02. The fourth-order valence-electron chi connectivity index (χ4n) is 0.995. The molecule has 0 aliphatic carbocycles. The molecule has 1 aromatic heterocycles. The fraction of sp³-hybridized carbons (Fsp3) is 0.300. The van der Waals surface area contributed by atoms with Crippen molar-refractivity contribution in [2.24, 2.45) is 0 Å².